The van der Waals surface area contributed by atoms with E-state index in [0.29, 0.717) is 13.1 Å². The van der Waals surface area contributed by atoms with Crippen LogP contribution < -0.4 is 0 Å². The molecule has 23 heavy (non-hydrogen) atoms. The minimum atomic E-state index is -3.11. The minimum absolute atomic E-state index is 0.0666. The third-order valence-electron chi connectivity index (χ3n) is 5.00. The molecule has 0 N–H and O–H groups in total. The lowest BCUT2D eigenvalue weighted by Crippen LogP contribution is -2.61. The number of amides is 1. The molecular weight excluding hydrogens is 312 g/mol. The maximum Gasteiger partial charge on any atom is 0.240 e. The van der Waals surface area contributed by atoms with Crippen molar-refractivity contribution in [3.05, 3.63) is 35.9 Å². The van der Waals surface area contributed by atoms with Gasteiger partial charge in [0.05, 0.1) is 16.5 Å². The quantitative estimate of drug-likeness (QED) is 0.835. The summed E-state index contributed by atoms with van der Waals surface area (Å²) in [5.74, 6) is 0.145. The lowest BCUT2D eigenvalue weighted by molar-refractivity contribution is -0.142. The molecular formula is C17H24N2O3S. The fourth-order valence-corrected chi connectivity index (χ4v) is 4.64. The molecule has 2 fully saturated rings. The van der Waals surface area contributed by atoms with Crippen LogP contribution in [-0.4, -0.2) is 60.3 Å². The molecule has 0 bridgehead atoms. The van der Waals surface area contributed by atoms with Gasteiger partial charge < -0.3 is 4.90 Å². The molecule has 0 spiro atoms. The molecule has 2 aliphatic rings. The van der Waals surface area contributed by atoms with E-state index in [1.54, 1.807) is 18.7 Å². The lowest BCUT2D eigenvalue weighted by atomic mass is 9.99. The first kappa shape index (κ1) is 16.5. The Morgan fingerprint density at radius 3 is 2.48 bits per heavy atom. The number of rotatable bonds is 3. The summed E-state index contributed by atoms with van der Waals surface area (Å²) in [5.41, 5.74) is 1.20. The Labute approximate surface area is 138 Å². The Balaban J connectivity index is 1.65. The molecule has 2 aliphatic heterocycles. The first-order valence-corrected chi connectivity index (χ1v) is 9.74. The average molecular weight is 336 g/mol. The summed E-state index contributed by atoms with van der Waals surface area (Å²) in [5, 5.41) is 0. The molecule has 0 radical (unpaired) electrons. The molecule has 2 saturated heterocycles. The van der Waals surface area contributed by atoms with Crippen LogP contribution in [0.25, 0.3) is 0 Å². The van der Waals surface area contributed by atoms with Crippen molar-refractivity contribution in [3.8, 4) is 0 Å². The standard InChI is InChI=1S/C17H24N2O3S/c1-17(2)13-19(10-11-23(17,21)22)16(20)15-8-9-18(15)12-14-6-4-3-5-7-14/h3-7,15H,8-13H2,1-2H3. The molecule has 0 saturated carbocycles. The molecule has 3 rings (SSSR count). The molecule has 1 aromatic carbocycles. The Bertz CT molecular complexity index is 685. The fraction of sp³-hybridized carbons (Fsp3) is 0.588. The molecule has 6 heteroatoms. The van der Waals surface area contributed by atoms with Gasteiger partial charge in [-0.25, -0.2) is 8.42 Å². The highest BCUT2D eigenvalue weighted by Crippen LogP contribution is 2.28. The summed E-state index contributed by atoms with van der Waals surface area (Å²) < 4.78 is 23.3. The van der Waals surface area contributed by atoms with Crippen molar-refractivity contribution in [2.45, 2.75) is 37.6 Å². The van der Waals surface area contributed by atoms with Crippen molar-refractivity contribution in [2.24, 2.45) is 0 Å². The van der Waals surface area contributed by atoms with Crippen molar-refractivity contribution in [3.63, 3.8) is 0 Å². The van der Waals surface area contributed by atoms with E-state index >= 15 is 0 Å². The van der Waals surface area contributed by atoms with Crippen LogP contribution in [0.4, 0.5) is 0 Å². The number of sulfone groups is 1. The zero-order valence-electron chi connectivity index (χ0n) is 13.7. The SMILES string of the molecule is CC1(C)CN(C(=O)C2CCN2Cc2ccccc2)CCS1(=O)=O. The van der Waals surface area contributed by atoms with Gasteiger partial charge in [0.15, 0.2) is 9.84 Å². The van der Waals surface area contributed by atoms with Crippen molar-refractivity contribution in [1.29, 1.82) is 0 Å². The molecule has 1 amide bonds. The van der Waals surface area contributed by atoms with E-state index in [9.17, 15) is 13.2 Å². The summed E-state index contributed by atoms with van der Waals surface area (Å²) in [4.78, 5) is 16.7. The molecule has 1 unspecified atom stereocenters. The van der Waals surface area contributed by atoms with Crippen LogP contribution >= 0.6 is 0 Å². The van der Waals surface area contributed by atoms with Gasteiger partial charge in [0.2, 0.25) is 5.91 Å². The second-order valence-electron chi connectivity index (χ2n) is 7.10. The summed E-state index contributed by atoms with van der Waals surface area (Å²) in [7, 11) is -3.11. The Hall–Kier alpha value is -1.40. The average Bonchev–Trinajstić information content (AvgIpc) is 2.47. The Kier molecular flexibility index (Phi) is 4.23. The van der Waals surface area contributed by atoms with E-state index in [-0.39, 0.29) is 17.7 Å². The third kappa shape index (κ3) is 3.15. The van der Waals surface area contributed by atoms with Crippen molar-refractivity contribution in [2.75, 3.05) is 25.4 Å². The van der Waals surface area contributed by atoms with Gasteiger partial charge in [-0.2, -0.15) is 0 Å². The van der Waals surface area contributed by atoms with Crippen LogP contribution in [-0.2, 0) is 21.2 Å². The monoisotopic (exact) mass is 336 g/mol. The predicted octanol–water partition coefficient (Wildman–Crippen LogP) is 1.30. The van der Waals surface area contributed by atoms with Crippen LogP contribution in [0.1, 0.15) is 25.8 Å². The highest BCUT2D eigenvalue weighted by molar-refractivity contribution is 7.92. The van der Waals surface area contributed by atoms with Gasteiger partial charge in [-0.15, -0.1) is 0 Å². The van der Waals surface area contributed by atoms with Gasteiger partial charge in [-0.05, 0) is 25.8 Å². The normalized spacial score (nSPS) is 26.5. The molecule has 1 aromatic rings. The summed E-state index contributed by atoms with van der Waals surface area (Å²) >= 11 is 0. The third-order valence-corrected chi connectivity index (χ3v) is 7.53. The second kappa shape index (κ2) is 5.91. The van der Waals surface area contributed by atoms with Crippen molar-refractivity contribution < 1.29 is 13.2 Å². The molecule has 126 valence electrons. The number of carbonyl (C=O) groups excluding carboxylic acids is 1. The zero-order valence-corrected chi connectivity index (χ0v) is 14.6. The van der Waals surface area contributed by atoms with E-state index in [4.69, 9.17) is 0 Å². The van der Waals surface area contributed by atoms with E-state index < -0.39 is 14.6 Å². The van der Waals surface area contributed by atoms with Gasteiger partial charge in [-0.3, -0.25) is 9.69 Å². The highest BCUT2D eigenvalue weighted by Gasteiger charge is 2.44. The number of hydrogen-bond donors (Lipinski definition) is 0. The van der Waals surface area contributed by atoms with Gasteiger partial charge in [-0.1, -0.05) is 30.3 Å². The largest absolute Gasteiger partial charge is 0.339 e. The zero-order chi connectivity index (χ0) is 16.7. The summed E-state index contributed by atoms with van der Waals surface area (Å²) in [6.45, 7) is 5.73. The molecule has 1 atom stereocenters. The lowest BCUT2D eigenvalue weighted by Gasteiger charge is -2.45. The number of benzene rings is 1. The smallest absolute Gasteiger partial charge is 0.240 e. The van der Waals surface area contributed by atoms with Gasteiger partial charge in [0.1, 0.15) is 0 Å². The molecule has 0 aliphatic carbocycles. The fourth-order valence-electron chi connectivity index (χ4n) is 3.27. The van der Waals surface area contributed by atoms with Crippen LogP contribution in [0.5, 0.6) is 0 Å². The molecule has 2 heterocycles. The second-order valence-corrected chi connectivity index (χ2v) is 9.84. The number of nitrogens with zero attached hydrogens (tertiary/aromatic N) is 2. The Morgan fingerprint density at radius 2 is 1.91 bits per heavy atom. The van der Waals surface area contributed by atoms with Gasteiger partial charge in [0, 0.05) is 26.2 Å². The summed E-state index contributed by atoms with van der Waals surface area (Å²) in [6, 6.07) is 10.0. The van der Waals surface area contributed by atoms with Crippen molar-refractivity contribution >= 4 is 15.7 Å². The number of likely N-dealkylation sites (tertiary alicyclic amines) is 1. The first-order chi connectivity index (χ1) is 10.8. The van der Waals surface area contributed by atoms with Crippen LogP contribution in [0.3, 0.4) is 0 Å². The van der Waals surface area contributed by atoms with Crippen LogP contribution in [0.2, 0.25) is 0 Å². The van der Waals surface area contributed by atoms with Crippen LogP contribution in [0, 0.1) is 0 Å². The van der Waals surface area contributed by atoms with Crippen LogP contribution in [0.15, 0.2) is 30.3 Å². The van der Waals surface area contributed by atoms with E-state index in [1.807, 2.05) is 18.2 Å². The van der Waals surface area contributed by atoms with Gasteiger partial charge in [0.25, 0.3) is 0 Å². The minimum Gasteiger partial charge on any atom is -0.339 e. The Morgan fingerprint density at radius 1 is 1.22 bits per heavy atom. The number of hydrogen-bond acceptors (Lipinski definition) is 4. The number of carbonyl (C=O) groups is 1. The molecule has 5 nitrogen and oxygen atoms in total. The predicted molar refractivity (Wildman–Crippen MR) is 89.7 cm³/mol. The summed E-state index contributed by atoms with van der Waals surface area (Å²) in [6.07, 6.45) is 0.856. The van der Waals surface area contributed by atoms with E-state index in [0.717, 1.165) is 19.5 Å². The topological polar surface area (TPSA) is 57.7 Å². The van der Waals surface area contributed by atoms with Gasteiger partial charge >= 0.3 is 0 Å². The van der Waals surface area contributed by atoms with Crippen molar-refractivity contribution in [1.82, 2.24) is 9.80 Å². The highest BCUT2D eigenvalue weighted by atomic mass is 32.2. The maximum atomic E-state index is 12.8. The maximum absolute atomic E-state index is 12.8. The first-order valence-electron chi connectivity index (χ1n) is 8.09. The van der Waals surface area contributed by atoms with E-state index in [1.165, 1.54) is 5.56 Å². The molecule has 0 aromatic heterocycles. The van der Waals surface area contributed by atoms with E-state index in [2.05, 4.69) is 17.0 Å².